The highest BCUT2D eigenvalue weighted by Crippen LogP contribution is 2.36. The Hall–Kier alpha value is -5.24. The Labute approximate surface area is 360 Å². The Bertz CT molecular complexity index is 2280. The zero-order valence-electron chi connectivity index (χ0n) is 38.7. The van der Waals surface area contributed by atoms with Gasteiger partial charge in [0.2, 0.25) is 0 Å². The fourth-order valence-corrected chi connectivity index (χ4v) is 10.1. The van der Waals surface area contributed by atoms with Gasteiger partial charge in [0.15, 0.2) is 0 Å². The lowest BCUT2D eigenvalue weighted by Gasteiger charge is -2.32. The number of rotatable bonds is 10. The van der Waals surface area contributed by atoms with Crippen LogP contribution in [0.5, 0.6) is 0 Å². The Kier molecular flexibility index (Phi) is 13.0. The summed E-state index contributed by atoms with van der Waals surface area (Å²) >= 11 is 0. The summed E-state index contributed by atoms with van der Waals surface area (Å²) in [6.45, 7) is 32.1. The Morgan fingerprint density at radius 3 is 1.15 bits per heavy atom. The van der Waals surface area contributed by atoms with Crippen LogP contribution in [0, 0.1) is 41.5 Å². The second-order valence-electron chi connectivity index (χ2n) is 16.8. The van der Waals surface area contributed by atoms with Gasteiger partial charge >= 0.3 is 0 Å². The van der Waals surface area contributed by atoms with Crippen molar-refractivity contribution in [2.24, 2.45) is 0 Å². The number of nitrogens with zero attached hydrogens (tertiary/aromatic N) is 8. The van der Waals surface area contributed by atoms with Gasteiger partial charge in [-0.1, -0.05) is 64.1 Å². The molecule has 2 aliphatic heterocycles. The molecule has 0 unspecified atom stereocenters. The second kappa shape index (κ2) is 18.2. The first-order chi connectivity index (χ1) is 29.0. The number of hydrogen-bond donors (Lipinski definition) is 0. The SMILES string of the molecule is CCc1cccc(CC)c1-c1cc(C)c2c(n1)CCN(c1c(C)nn(CC)c1C)C2.CCc1cccc(CC)c1-c1cc(C)c2c(n1)CCN(c1c(C)nn(CC)c1C)C2. The third-order valence-electron chi connectivity index (χ3n) is 13.2. The molecule has 2 aliphatic rings. The van der Waals surface area contributed by atoms with Crippen LogP contribution in [0.3, 0.4) is 0 Å². The van der Waals surface area contributed by atoms with Crippen molar-refractivity contribution in [1.29, 1.82) is 0 Å². The van der Waals surface area contributed by atoms with E-state index in [1.165, 1.54) is 89.8 Å². The standard InChI is InChI=1S/2C26H34N4/c2*1-7-20-11-10-12-21(8-2)25(20)24-15-17(4)22-16-29(14-13-23(22)27-24)26-18(5)28-30(9-3)19(26)6/h2*10-12,15H,7-9,13-14,16H2,1-6H3. The predicted molar refractivity (Wildman–Crippen MR) is 251 cm³/mol. The first kappa shape index (κ1) is 42.9. The molecular formula is C52H68N8. The van der Waals surface area contributed by atoms with Crippen molar-refractivity contribution in [2.75, 3.05) is 22.9 Å². The maximum atomic E-state index is 5.21. The molecule has 0 radical (unpaired) electrons. The monoisotopic (exact) mass is 805 g/mol. The summed E-state index contributed by atoms with van der Waals surface area (Å²) in [6, 6.07) is 18.0. The first-order valence-electron chi connectivity index (χ1n) is 22.7. The fraction of sp³-hybridized carbons (Fsp3) is 0.462. The van der Waals surface area contributed by atoms with Crippen LogP contribution in [0.2, 0.25) is 0 Å². The number of benzene rings is 2. The van der Waals surface area contributed by atoms with E-state index in [2.05, 4.69) is 151 Å². The lowest BCUT2D eigenvalue weighted by Crippen LogP contribution is -2.32. The maximum Gasteiger partial charge on any atom is 0.0830 e. The van der Waals surface area contributed by atoms with Crippen molar-refractivity contribution >= 4 is 11.4 Å². The van der Waals surface area contributed by atoms with Crippen molar-refractivity contribution in [3.05, 3.63) is 127 Å². The van der Waals surface area contributed by atoms with Crippen molar-refractivity contribution in [1.82, 2.24) is 29.5 Å². The molecule has 6 aromatic rings. The average Bonchev–Trinajstić information content (AvgIpc) is 3.73. The van der Waals surface area contributed by atoms with Gasteiger partial charge in [0.1, 0.15) is 0 Å². The van der Waals surface area contributed by atoms with Gasteiger partial charge in [0.05, 0.1) is 45.5 Å². The van der Waals surface area contributed by atoms with Gasteiger partial charge in [-0.25, -0.2) is 0 Å². The van der Waals surface area contributed by atoms with E-state index in [9.17, 15) is 0 Å². The molecule has 0 bridgehead atoms. The quantitative estimate of drug-likeness (QED) is 0.137. The highest BCUT2D eigenvalue weighted by atomic mass is 15.3. The first-order valence-corrected chi connectivity index (χ1v) is 22.7. The van der Waals surface area contributed by atoms with Crippen LogP contribution in [-0.2, 0) is 64.7 Å². The molecule has 0 saturated carbocycles. The van der Waals surface area contributed by atoms with Crippen molar-refractivity contribution in [3.8, 4) is 22.5 Å². The molecule has 0 aliphatic carbocycles. The van der Waals surface area contributed by atoms with Crippen LogP contribution in [0.4, 0.5) is 11.4 Å². The van der Waals surface area contributed by atoms with Gasteiger partial charge < -0.3 is 9.80 Å². The van der Waals surface area contributed by atoms with Gasteiger partial charge in [-0.15, -0.1) is 0 Å². The van der Waals surface area contributed by atoms with Crippen LogP contribution in [0.25, 0.3) is 22.5 Å². The lowest BCUT2D eigenvalue weighted by atomic mass is 9.92. The molecule has 6 heterocycles. The van der Waals surface area contributed by atoms with E-state index in [0.29, 0.717) is 0 Å². The molecule has 0 saturated heterocycles. The van der Waals surface area contributed by atoms with E-state index in [4.69, 9.17) is 20.2 Å². The van der Waals surface area contributed by atoms with Gasteiger partial charge in [-0.3, -0.25) is 19.3 Å². The summed E-state index contributed by atoms with van der Waals surface area (Å²) in [5, 5.41) is 9.47. The third-order valence-corrected chi connectivity index (χ3v) is 13.2. The molecular weight excluding hydrogens is 737 g/mol. The van der Waals surface area contributed by atoms with Gasteiger partial charge in [0.25, 0.3) is 0 Å². The van der Waals surface area contributed by atoms with E-state index in [1.807, 2.05) is 0 Å². The zero-order valence-corrected chi connectivity index (χ0v) is 38.7. The normalized spacial score (nSPS) is 13.6. The number of aryl methyl sites for hydroxylation is 10. The number of hydrogen-bond acceptors (Lipinski definition) is 6. The van der Waals surface area contributed by atoms with E-state index >= 15 is 0 Å². The molecule has 60 heavy (non-hydrogen) atoms. The molecule has 4 aromatic heterocycles. The van der Waals surface area contributed by atoms with E-state index < -0.39 is 0 Å². The molecule has 8 rings (SSSR count). The lowest BCUT2D eigenvalue weighted by molar-refractivity contribution is 0.633. The van der Waals surface area contributed by atoms with E-state index in [-0.39, 0.29) is 0 Å². The van der Waals surface area contributed by atoms with E-state index in [1.54, 1.807) is 0 Å². The molecule has 0 fully saturated rings. The predicted octanol–water partition coefficient (Wildman–Crippen LogP) is 11.2. The Morgan fingerprint density at radius 1 is 0.500 bits per heavy atom. The highest BCUT2D eigenvalue weighted by Gasteiger charge is 2.27. The summed E-state index contributed by atoms with van der Waals surface area (Å²) in [7, 11) is 0. The number of pyridine rings is 2. The van der Waals surface area contributed by atoms with Crippen LogP contribution in [0.15, 0.2) is 48.5 Å². The molecule has 2 aromatic carbocycles. The van der Waals surface area contributed by atoms with Crippen LogP contribution >= 0.6 is 0 Å². The molecule has 8 heteroatoms. The minimum absolute atomic E-state index is 0.914. The third kappa shape index (κ3) is 8.02. The van der Waals surface area contributed by atoms with Gasteiger partial charge in [-0.05, 0) is 138 Å². The smallest absolute Gasteiger partial charge is 0.0830 e. The maximum absolute atomic E-state index is 5.21. The van der Waals surface area contributed by atoms with Gasteiger partial charge in [0, 0.05) is 74.6 Å². The minimum atomic E-state index is 0.914. The number of aromatic nitrogens is 6. The molecule has 0 N–H and O–H groups in total. The average molecular weight is 805 g/mol. The Morgan fingerprint density at radius 2 is 0.850 bits per heavy atom. The zero-order chi connectivity index (χ0) is 42.8. The van der Waals surface area contributed by atoms with Crippen molar-refractivity contribution < 1.29 is 0 Å². The van der Waals surface area contributed by atoms with Crippen LogP contribution in [-0.4, -0.2) is 42.6 Å². The topological polar surface area (TPSA) is 67.9 Å². The molecule has 0 atom stereocenters. The molecule has 316 valence electrons. The molecule has 8 nitrogen and oxygen atoms in total. The second-order valence-corrected chi connectivity index (χ2v) is 16.8. The summed E-state index contributed by atoms with van der Waals surface area (Å²) in [4.78, 5) is 15.4. The van der Waals surface area contributed by atoms with Gasteiger partial charge in [-0.2, -0.15) is 10.2 Å². The summed E-state index contributed by atoms with van der Waals surface area (Å²) < 4.78 is 4.23. The van der Waals surface area contributed by atoms with Crippen LogP contribution < -0.4 is 9.80 Å². The Balaban J connectivity index is 0.000000181. The highest BCUT2D eigenvalue weighted by molar-refractivity contribution is 5.71. The van der Waals surface area contributed by atoms with Crippen LogP contribution in [0.1, 0.15) is 120 Å². The summed E-state index contributed by atoms with van der Waals surface area (Å²) in [5.74, 6) is 0. The van der Waals surface area contributed by atoms with Crippen molar-refractivity contribution in [2.45, 2.75) is 148 Å². The number of anilines is 2. The molecule has 0 spiro atoms. The summed E-state index contributed by atoms with van der Waals surface area (Å²) in [6.07, 6.45) is 6.11. The summed E-state index contributed by atoms with van der Waals surface area (Å²) in [5.41, 5.74) is 26.0. The minimum Gasteiger partial charge on any atom is -0.364 e. The fourth-order valence-electron chi connectivity index (χ4n) is 10.1. The molecule has 0 amide bonds. The number of fused-ring (bicyclic) bond motifs is 2. The van der Waals surface area contributed by atoms with E-state index in [0.717, 1.165) is 101 Å². The van der Waals surface area contributed by atoms with Crippen molar-refractivity contribution in [3.63, 3.8) is 0 Å². The largest absolute Gasteiger partial charge is 0.364 e.